The van der Waals surface area contributed by atoms with Crippen LogP contribution in [-0.4, -0.2) is 21.7 Å². The molecule has 4 nitrogen and oxygen atoms in total. The minimum absolute atomic E-state index is 0.917. The summed E-state index contributed by atoms with van der Waals surface area (Å²) in [6, 6.07) is 0. The highest BCUT2D eigenvalue weighted by Gasteiger charge is 2.05. The van der Waals surface area contributed by atoms with Gasteiger partial charge in [-0.1, -0.05) is 30.0 Å². The summed E-state index contributed by atoms with van der Waals surface area (Å²) in [4.78, 5) is 5.60. The molecule has 2 rings (SSSR count). The van der Waals surface area contributed by atoms with Crippen molar-refractivity contribution in [3.8, 4) is 0 Å². The zero-order valence-electron chi connectivity index (χ0n) is 9.77. The lowest BCUT2D eigenvalue weighted by Gasteiger charge is -1.96. The summed E-state index contributed by atoms with van der Waals surface area (Å²) in [6.45, 7) is 5.10. The van der Waals surface area contributed by atoms with Crippen molar-refractivity contribution >= 4 is 39.6 Å². The second-order valence-corrected chi connectivity index (χ2v) is 6.95. The molecule has 92 valence electrons. The van der Waals surface area contributed by atoms with Crippen LogP contribution in [0.1, 0.15) is 23.2 Å². The van der Waals surface area contributed by atoms with Crippen molar-refractivity contribution in [2.75, 3.05) is 11.9 Å². The Morgan fingerprint density at radius 2 is 2.24 bits per heavy atom. The Kier molecular flexibility index (Phi) is 4.75. The van der Waals surface area contributed by atoms with Crippen LogP contribution in [0, 0.1) is 6.92 Å². The Morgan fingerprint density at radius 1 is 1.35 bits per heavy atom. The predicted molar refractivity (Wildman–Crippen MR) is 75.1 cm³/mol. The summed E-state index contributed by atoms with van der Waals surface area (Å²) in [7, 11) is 0. The number of aromatic nitrogens is 3. The van der Waals surface area contributed by atoms with Crippen molar-refractivity contribution < 1.29 is 0 Å². The monoisotopic (exact) mass is 286 g/mol. The molecule has 0 atom stereocenters. The van der Waals surface area contributed by atoms with E-state index < -0.39 is 0 Å². The number of anilines is 1. The van der Waals surface area contributed by atoms with Gasteiger partial charge >= 0.3 is 0 Å². The third-order valence-electron chi connectivity index (χ3n) is 1.93. The number of thiazole rings is 1. The molecule has 0 aromatic carbocycles. The first kappa shape index (κ1) is 12.8. The minimum atomic E-state index is 0.917. The van der Waals surface area contributed by atoms with E-state index in [2.05, 4.69) is 27.4 Å². The number of thioether (sulfide) groups is 1. The van der Waals surface area contributed by atoms with Gasteiger partial charge < -0.3 is 5.32 Å². The van der Waals surface area contributed by atoms with Gasteiger partial charge in [-0.3, -0.25) is 0 Å². The zero-order valence-corrected chi connectivity index (χ0v) is 12.2. The van der Waals surface area contributed by atoms with Crippen molar-refractivity contribution in [1.29, 1.82) is 0 Å². The SMILES string of the molecule is CCCNc1ncc(CSc2nnc(C)s2)s1. The third-order valence-corrected chi connectivity index (χ3v) is 5.08. The van der Waals surface area contributed by atoms with E-state index in [-0.39, 0.29) is 0 Å². The second-order valence-electron chi connectivity index (χ2n) is 3.43. The molecule has 0 aliphatic rings. The molecule has 1 N–H and O–H groups in total. The molecule has 0 aliphatic heterocycles. The molecule has 0 spiro atoms. The normalized spacial score (nSPS) is 10.7. The smallest absolute Gasteiger partial charge is 0.182 e. The molecule has 0 bridgehead atoms. The van der Waals surface area contributed by atoms with Gasteiger partial charge in [0.25, 0.3) is 0 Å². The van der Waals surface area contributed by atoms with Crippen molar-refractivity contribution in [1.82, 2.24) is 15.2 Å². The fraction of sp³-hybridized carbons (Fsp3) is 0.500. The van der Waals surface area contributed by atoms with E-state index in [9.17, 15) is 0 Å². The summed E-state index contributed by atoms with van der Waals surface area (Å²) >= 11 is 5.07. The number of aryl methyl sites for hydroxylation is 1. The average molecular weight is 286 g/mol. The van der Waals surface area contributed by atoms with E-state index in [0.29, 0.717) is 0 Å². The number of hydrogen-bond donors (Lipinski definition) is 1. The molecule has 0 unspecified atom stereocenters. The number of nitrogens with one attached hydrogen (secondary N) is 1. The summed E-state index contributed by atoms with van der Waals surface area (Å²) in [6.07, 6.45) is 3.05. The molecule has 2 aromatic rings. The molecular weight excluding hydrogens is 272 g/mol. The highest BCUT2D eigenvalue weighted by atomic mass is 32.2. The van der Waals surface area contributed by atoms with E-state index in [0.717, 1.165) is 33.2 Å². The summed E-state index contributed by atoms with van der Waals surface area (Å²) < 4.78 is 1.03. The maximum atomic E-state index is 4.33. The van der Waals surface area contributed by atoms with Crippen LogP contribution in [0.15, 0.2) is 10.5 Å². The highest BCUT2D eigenvalue weighted by Crippen LogP contribution is 2.29. The number of rotatable bonds is 6. The third kappa shape index (κ3) is 3.93. The van der Waals surface area contributed by atoms with E-state index >= 15 is 0 Å². The first-order chi connectivity index (χ1) is 8.28. The maximum Gasteiger partial charge on any atom is 0.182 e. The molecule has 0 radical (unpaired) electrons. The Morgan fingerprint density at radius 3 is 2.94 bits per heavy atom. The van der Waals surface area contributed by atoms with Crippen LogP contribution in [-0.2, 0) is 5.75 Å². The van der Waals surface area contributed by atoms with E-state index in [1.807, 2.05) is 13.1 Å². The van der Waals surface area contributed by atoms with Gasteiger partial charge in [-0.25, -0.2) is 4.98 Å². The topological polar surface area (TPSA) is 50.7 Å². The molecule has 17 heavy (non-hydrogen) atoms. The van der Waals surface area contributed by atoms with Gasteiger partial charge in [0.2, 0.25) is 0 Å². The van der Waals surface area contributed by atoms with Crippen LogP contribution in [0.3, 0.4) is 0 Å². The molecule has 2 aromatic heterocycles. The maximum absolute atomic E-state index is 4.33. The average Bonchev–Trinajstić information content (AvgIpc) is 2.93. The summed E-state index contributed by atoms with van der Waals surface area (Å²) in [5.74, 6) is 0.917. The second kappa shape index (κ2) is 6.32. The lowest BCUT2D eigenvalue weighted by atomic mass is 10.5. The standard InChI is InChI=1S/C10H14N4S3/c1-3-4-11-9-12-5-8(17-9)6-15-10-14-13-7(2)16-10/h5H,3-4,6H2,1-2H3,(H,11,12). The van der Waals surface area contributed by atoms with Gasteiger partial charge in [-0.05, 0) is 13.3 Å². The fourth-order valence-corrected chi connectivity index (χ4v) is 3.83. The van der Waals surface area contributed by atoms with Gasteiger partial charge in [0.05, 0.1) is 0 Å². The van der Waals surface area contributed by atoms with Crippen molar-refractivity contribution in [3.63, 3.8) is 0 Å². The van der Waals surface area contributed by atoms with Gasteiger partial charge in [0, 0.05) is 23.4 Å². The fourth-order valence-electron chi connectivity index (χ4n) is 1.16. The lowest BCUT2D eigenvalue weighted by Crippen LogP contribution is -1.97. The van der Waals surface area contributed by atoms with Gasteiger partial charge in [0.15, 0.2) is 9.47 Å². The quantitative estimate of drug-likeness (QED) is 0.825. The van der Waals surface area contributed by atoms with Crippen LogP contribution in [0.2, 0.25) is 0 Å². The molecule has 0 fully saturated rings. The first-order valence-corrected chi connectivity index (χ1v) is 8.01. The Labute approximate surface area is 113 Å². The van der Waals surface area contributed by atoms with Crippen LogP contribution in [0.4, 0.5) is 5.13 Å². The van der Waals surface area contributed by atoms with Crippen molar-refractivity contribution in [2.45, 2.75) is 30.4 Å². The largest absolute Gasteiger partial charge is 0.362 e. The molecule has 2 heterocycles. The molecule has 0 saturated carbocycles. The van der Waals surface area contributed by atoms with Gasteiger partial charge in [0.1, 0.15) is 5.01 Å². The van der Waals surface area contributed by atoms with Crippen LogP contribution in [0.25, 0.3) is 0 Å². The van der Waals surface area contributed by atoms with E-state index in [4.69, 9.17) is 0 Å². The zero-order chi connectivity index (χ0) is 12.1. The molecule has 7 heteroatoms. The number of hydrogen-bond acceptors (Lipinski definition) is 7. The Balaban J connectivity index is 1.84. The highest BCUT2D eigenvalue weighted by molar-refractivity contribution is 8.00. The molecule has 0 amide bonds. The van der Waals surface area contributed by atoms with Crippen molar-refractivity contribution in [3.05, 3.63) is 16.1 Å². The molecule has 0 saturated heterocycles. The van der Waals surface area contributed by atoms with Crippen molar-refractivity contribution in [2.24, 2.45) is 0 Å². The summed E-state index contributed by atoms with van der Waals surface area (Å²) in [5, 5.41) is 13.4. The molecular formula is C10H14N4S3. The predicted octanol–water partition coefficient (Wildman–Crippen LogP) is 3.42. The first-order valence-electron chi connectivity index (χ1n) is 5.39. The van der Waals surface area contributed by atoms with Crippen LogP contribution >= 0.6 is 34.4 Å². The number of nitrogens with zero attached hydrogens (tertiary/aromatic N) is 3. The Hall–Kier alpha value is -0.660. The summed E-state index contributed by atoms with van der Waals surface area (Å²) in [5.41, 5.74) is 0. The van der Waals surface area contributed by atoms with Crippen LogP contribution in [0.5, 0.6) is 0 Å². The Bertz CT molecular complexity index is 466. The van der Waals surface area contributed by atoms with Gasteiger partial charge in [-0.15, -0.1) is 21.5 Å². The van der Waals surface area contributed by atoms with Crippen LogP contribution < -0.4 is 5.32 Å². The van der Waals surface area contributed by atoms with E-state index in [1.165, 1.54) is 4.88 Å². The minimum Gasteiger partial charge on any atom is -0.362 e. The van der Waals surface area contributed by atoms with E-state index in [1.54, 1.807) is 34.4 Å². The van der Waals surface area contributed by atoms with Gasteiger partial charge in [-0.2, -0.15) is 0 Å². The molecule has 0 aliphatic carbocycles. The lowest BCUT2D eigenvalue weighted by molar-refractivity contribution is 0.976.